The van der Waals surface area contributed by atoms with Crippen molar-refractivity contribution in [3.8, 4) is 5.75 Å². The van der Waals surface area contributed by atoms with Crippen molar-refractivity contribution in [2.75, 3.05) is 32.8 Å². The highest BCUT2D eigenvalue weighted by molar-refractivity contribution is 5.80. The minimum atomic E-state index is -0.294. The molecule has 1 aromatic heterocycles. The standard InChI is InChI=1S/C19H26FN5O/c1-3-21-19(22-8-10-26-18-6-4-5-17(20)11-18)25-9-7-15(14-25)16-12-23-24(2)13-16/h4-6,11-13,15H,3,7-10,14H2,1-2H3,(H,21,22). The molecule has 1 atom stereocenters. The quantitative estimate of drug-likeness (QED) is 0.489. The second-order valence-electron chi connectivity index (χ2n) is 6.42. The Labute approximate surface area is 153 Å². The van der Waals surface area contributed by atoms with E-state index >= 15 is 0 Å². The fourth-order valence-corrected chi connectivity index (χ4v) is 3.17. The zero-order valence-corrected chi connectivity index (χ0v) is 15.4. The third kappa shape index (κ3) is 4.74. The van der Waals surface area contributed by atoms with Crippen LogP contribution in [0.3, 0.4) is 0 Å². The van der Waals surface area contributed by atoms with Crippen LogP contribution in [0.2, 0.25) is 0 Å². The third-order valence-corrected chi connectivity index (χ3v) is 4.44. The molecule has 0 amide bonds. The molecular weight excluding hydrogens is 333 g/mol. The molecule has 0 radical (unpaired) electrons. The molecule has 1 aliphatic heterocycles. The van der Waals surface area contributed by atoms with Gasteiger partial charge in [-0.2, -0.15) is 5.10 Å². The van der Waals surface area contributed by atoms with Gasteiger partial charge in [-0.15, -0.1) is 0 Å². The molecule has 26 heavy (non-hydrogen) atoms. The summed E-state index contributed by atoms with van der Waals surface area (Å²) in [5.74, 6) is 1.62. The summed E-state index contributed by atoms with van der Waals surface area (Å²) >= 11 is 0. The van der Waals surface area contributed by atoms with Gasteiger partial charge in [-0.1, -0.05) is 6.07 Å². The number of hydrogen-bond acceptors (Lipinski definition) is 3. The van der Waals surface area contributed by atoms with Gasteiger partial charge < -0.3 is 15.0 Å². The van der Waals surface area contributed by atoms with Gasteiger partial charge in [0, 0.05) is 44.9 Å². The van der Waals surface area contributed by atoms with E-state index in [1.807, 2.05) is 17.9 Å². The number of ether oxygens (including phenoxy) is 1. The van der Waals surface area contributed by atoms with Crippen LogP contribution in [0.1, 0.15) is 24.8 Å². The molecule has 2 heterocycles. The molecule has 7 heteroatoms. The van der Waals surface area contributed by atoms with E-state index in [1.165, 1.54) is 17.7 Å². The highest BCUT2D eigenvalue weighted by atomic mass is 19.1. The van der Waals surface area contributed by atoms with Crippen molar-refractivity contribution in [2.45, 2.75) is 19.3 Å². The average molecular weight is 359 g/mol. The summed E-state index contributed by atoms with van der Waals surface area (Å²) < 4.78 is 20.6. The summed E-state index contributed by atoms with van der Waals surface area (Å²) in [6, 6.07) is 6.17. The normalized spacial score (nSPS) is 17.6. The summed E-state index contributed by atoms with van der Waals surface area (Å²) in [6.45, 7) is 5.72. The molecule has 1 N–H and O–H groups in total. The van der Waals surface area contributed by atoms with Crippen LogP contribution in [0.5, 0.6) is 5.75 Å². The average Bonchev–Trinajstić information content (AvgIpc) is 3.27. The van der Waals surface area contributed by atoms with Crippen molar-refractivity contribution >= 4 is 5.96 Å². The fraction of sp³-hybridized carbons (Fsp3) is 0.474. The van der Waals surface area contributed by atoms with Crippen LogP contribution < -0.4 is 10.1 Å². The summed E-state index contributed by atoms with van der Waals surface area (Å²) in [7, 11) is 1.94. The lowest BCUT2D eigenvalue weighted by Crippen LogP contribution is -2.40. The van der Waals surface area contributed by atoms with Crippen LogP contribution in [0.15, 0.2) is 41.7 Å². The maximum absolute atomic E-state index is 13.2. The molecular formula is C19H26FN5O. The Kier molecular flexibility index (Phi) is 6.09. The van der Waals surface area contributed by atoms with Crippen LogP contribution in [0, 0.1) is 5.82 Å². The number of hydrogen-bond donors (Lipinski definition) is 1. The van der Waals surface area contributed by atoms with Gasteiger partial charge in [0.1, 0.15) is 18.2 Å². The van der Waals surface area contributed by atoms with Crippen LogP contribution in [0.4, 0.5) is 4.39 Å². The topological polar surface area (TPSA) is 54.7 Å². The number of nitrogens with one attached hydrogen (secondary N) is 1. The lowest BCUT2D eigenvalue weighted by Gasteiger charge is -2.21. The van der Waals surface area contributed by atoms with Crippen LogP contribution in [-0.4, -0.2) is 53.4 Å². The largest absolute Gasteiger partial charge is 0.492 e. The molecule has 6 nitrogen and oxygen atoms in total. The minimum absolute atomic E-state index is 0.294. The third-order valence-electron chi connectivity index (χ3n) is 4.44. The number of likely N-dealkylation sites (tertiary alicyclic amines) is 1. The van der Waals surface area contributed by atoms with Gasteiger partial charge in [-0.05, 0) is 31.0 Å². The van der Waals surface area contributed by atoms with Crippen molar-refractivity contribution < 1.29 is 9.13 Å². The first-order valence-electron chi connectivity index (χ1n) is 9.06. The van der Waals surface area contributed by atoms with Crippen molar-refractivity contribution in [1.29, 1.82) is 0 Å². The molecule has 0 spiro atoms. The maximum atomic E-state index is 13.2. The van der Waals surface area contributed by atoms with Gasteiger partial charge in [-0.3, -0.25) is 4.68 Å². The number of rotatable bonds is 6. The minimum Gasteiger partial charge on any atom is -0.492 e. The Balaban J connectivity index is 1.54. The number of aliphatic imine (C=N–C) groups is 1. The van der Waals surface area contributed by atoms with Gasteiger partial charge in [-0.25, -0.2) is 9.38 Å². The number of aryl methyl sites for hydroxylation is 1. The molecule has 2 aromatic rings. The molecule has 0 saturated carbocycles. The fourth-order valence-electron chi connectivity index (χ4n) is 3.17. The van der Waals surface area contributed by atoms with Gasteiger partial charge in [0.05, 0.1) is 12.7 Å². The van der Waals surface area contributed by atoms with Gasteiger partial charge in [0.2, 0.25) is 0 Å². The smallest absolute Gasteiger partial charge is 0.194 e. The van der Waals surface area contributed by atoms with Crippen LogP contribution in [0.25, 0.3) is 0 Å². The highest BCUT2D eigenvalue weighted by Crippen LogP contribution is 2.26. The first-order chi connectivity index (χ1) is 12.7. The number of guanidine groups is 1. The van der Waals surface area contributed by atoms with Gasteiger partial charge in [0.25, 0.3) is 0 Å². The van der Waals surface area contributed by atoms with Crippen molar-refractivity contribution in [3.05, 3.63) is 48.0 Å². The van der Waals surface area contributed by atoms with E-state index in [4.69, 9.17) is 4.74 Å². The molecule has 140 valence electrons. The Hall–Kier alpha value is -2.57. The van der Waals surface area contributed by atoms with Crippen LogP contribution >= 0.6 is 0 Å². The number of aromatic nitrogens is 2. The Bertz CT molecular complexity index is 745. The first kappa shape index (κ1) is 18.2. The Morgan fingerprint density at radius 1 is 1.46 bits per heavy atom. The molecule has 0 aliphatic carbocycles. The van der Waals surface area contributed by atoms with E-state index in [9.17, 15) is 4.39 Å². The predicted molar refractivity (Wildman–Crippen MR) is 100 cm³/mol. The number of halogens is 1. The van der Waals surface area contributed by atoms with E-state index in [0.717, 1.165) is 32.0 Å². The molecule has 1 unspecified atom stereocenters. The number of nitrogens with zero attached hydrogens (tertiary/aromatic N) is 4. The Morgan fingerprint density at radius 2 is 2.35 bits per heavy atom. The van der Waals surface area contributed by atoms with Crippen LogP contribution in [-0.2, 0) is 7.05 Å². The summed E-state index contributed by atoms with van der Waals surface area (Å²) in [5, 5.41) is 7.62. The van der Waals surface area contributed by atoms with E-state index < -0.39 is 0 Å². The molecule has 1 aliphatic rings. The molecule has 3 rings (SSSR count). The van der Waals surface area contributed by atoms with E-state index in [1.54, 1.807) is 12.1 Å². The monoisotopic (exact) mass is 359 g/mol. The second-order valence-corrected chi connectivity index (χ2v) is 6.42. The van der Waals surface area contributed by atoms with E-state index in [0.29, 0.717) is 24.8 Å². The van der Waals surface area contributed by atoms with Crippen molar-refractivity contribution in [1.82, 2.24) is 20.0 Å². The summed E-state index contributed by atoms with van der Waals surface area (Å²) in [5.41, 5.74) is 1.28. The van der Waals surface area contributed by atoms with E-state index in [-0.39, 0.29) is 5.82 Å². The molecule has 0 bridgehead atoms. The lowest BCUT2D eigenvalue weighted by molar-refractivity contribution is 0.325. The summed E-state index contributed by atoms with van der Waals surface area (Å²) in [6.07, 6.45) is 5.13. The summed E-state index contributed by atoms with van der Waals surface area (Å²) in [4.78, 5) is 6.94. The van der Waals surface area contributed by atoms with Gasteiger partial charge >= 0.3 is 0 Å². The highest BCUT2D eigenvalue weighted by Gasteiger charge is 2.26. The SMILES string of the molecule is CCNC(=NCCOc1cccc(F)c1)N1CCC(c2cnn(C)c2)C1. The van der Waals surface area contributed by atoms with Crippen molar-refractivity contribution in [2.24, 2.45) is 12.0 Å². The lowest BCUT2D eigenvalue weighted by atomic mass is 10.0. The zero-order valence-electron chi connectivity index (χ0n) is 15.4. The first-order valence-corrected chi connectivity index (χ1v) is 9.06. The molecule has 1 fully saturated rings. The zero-order chi connectivity index (χ0) is 18.4. The van der Waals surface area contributed by atoms with Crippen molar-refractivity contribution in [3.63, 3.8) is 0 Å². The maximum Gasteiger partial charge on any atom is 0.194 e. The molecule has 1 saturated heterocycles. The molecule has 1 aromatic carbocycles. The van der Waals surface area contributed by atoms with E-state index in [2.05, 4.69) is 33.4 Å². The number of benzene rings is 1. The Morgan fingerprint density at radius 3 is 3.08 bits per heavy atom. The predicted octanol–water partition coefficient (Wildman–Crippen LogP) is 2.39. The second kappa shape index (κ2) is 8.69. The van der Waals surface area contributed by atoms with Gasteiger partial charge in [0.15, 0.2) is 5.96 Å².